The van der Waals surface area contributed by atoms with Crippen LogP contribution in [0.4, 0.5) is 0 Å². The second kappa shape index (κ2) is 6.50. The lowest BCUT2D eigenvalue weighted by atomic mass is 9.98. The van der Waals surface area contributed by atoms with E-state index in [0.29, 0.717) is 6.42 Å². The normalized spacial score (nSPS) is 19.7. The van der Waals surface area contributed by atoms with Gasteiger partial charge < -0.3 is 5.11 Å². The summed E-state index contributed by atoms with van der Waals surface area (Å²) >= 11 is 0. The van der Waals surface area contributed by atoms with E-state index in [2.05, 4.69) is 35.0 Å². The van der Waals surface area contributed by atoms with E-state index < -0.39 is 12.0 Å². The molecule has 1 aromatic carbocycles. The lowest BCUT2D eigenvalue weighted by Crippen LogP contribution is -2.39. The Hall–Kier alpha value is -2.20. The molecule has 1 fully saturated rings. The zero-order chi connectivity index (χ0) is 16.4. The van der Waals surface area contributed by atoms with Crippen molar-refractivity contribution in [2.24, 2.45) is 0 Å². The summed E-state index contributed by atoms with van der Waals surface area (Å²) in [6.45, 7) is 4.85. The number of rotatable bonds is 4. The highest BCUT2D eigenvalue weighted by molar-refractivity contribution is 5.74. The van der Waals surface area contributed by atoms with Crippen molar-refractivity contribution in [3.05, 3.63) is 65.0 Å². The van der Waals surface area contributed by atoms with E-state index in [1.165, 1.54) is 5.56 Å². The number of pyridine rings is 1. The quantitative estimate of drug-likeness (QED) is 0.941. The maximum atomic E-state index is 11.6. The average molecular weight is 310 g/mol. The van der Waals surface area contributed by atoms with Crippen molar-refractivity contribution in [3.63, 3.8) is 0 Å². The monoisotopic (exact) mass is 310 g/mol. The summed E-state index contributed by atoms with van der Waals surface area (Å²) in [5, 5.41) is 9.56. The van der Waals surface area contributed by atoms with Crippen molar-refractivity contribution in [2.75, 3.05) is 6.54 Å². The molecule has 1 aliphatic heterocycles. The summed E-state index contributed by atoms with van der Waals surface area (Å²) in [6.07, 6.45) is 3.46. The lowest BCUT2D eigenvalue weighted by molar-refractivity contribution is -0.142. The third-order valence-electron chi connectivity index (χ3n) is 4.48. The molecule has 2 atom stereocenters. The number of likely N-dealkylation sites (tertiary alicyclic amines) is 1. The van der Waals surface area contributed by atoms with E-state index >= 15 is 0 Å². The first-order valence-corrected chi connectivity index (χ1v) is 8.04. The van der Waals surface area contributed by atoms with Crippen LogP contribution < -0.4 is 0 Å². The molecular formula is C19H22N2O2. The fraction of sp³-hybridized carbons (Fsp3) is 0.368. The summed E-state index contributed by atoms with van der Waals surface area (Å²) in [4.78, 5) is 18.3. The number of aliphatic carboxylic acids is 1. The summed E-state index contributed by atoms with van der Waals surface area (Å²) in [5.41, 5.74) is 4.29. The molecule has 2 aromatic rings. The molecule has 2 heterocycles. The fourth-order valence-electron chi connectivity index (χ4n) is 3.38. The molecule has 0 aliphatic carbocycles. The molecule has 120 valence electrons. The Bertz CT molecular complexity index is 697. The van der Waals surface area contributed by atoms with Crippen LogP contribution in [0.15, 0.2) is 42.6 Å². The largest absolute Gasteiger partial charge is 0.480 e. The highest BCUT2D eigenvalue weighted by atomic mass is 16.4. The molecule has 1 aromatic heterocycles. The third kappa shape index (κ3) is 3.27. The maximum Gasteiger partial charge on any atom is 0.320 e. The summed E-state index contributed by atoms with van der Waals surface area (Å²) in [5.74, 6) is -0.743. The van der Waals surface area contributed by atoms with E-state index in [0.717, 1.165) is 29.8 Å². The van der Waals surface area contributed by atoms with Crippen LogP contribution in [0.2, 0.25) is 0 Å². The van der Waals surface area contributed by atoms with Crippen molar-refractivity contribution in [2.45, 2.75) is 38.8 Å². The topological polar surface area (TPSA) is 53.4 Å². The molecule has 0 saturated carbocycles. The van der Waals surface area contributed by atoms with Crippen LogP contribution in [0.5, 0.6) is 0 Å². The predicted molar refractivity (Wildman–Crippen MR) is 89.4 cm³/mol. The molecule has 2 unspecified atom stereocenters. The van der Waals surface area contributed by atoms with Gasteiger partial charge in [-0.15, -0.1) is 0 Å². The van der Waals surface area contributed by atoms with Gasteiger partial charge in [0.15, 0.2) is 0 Å². The Morgan fingerprint density at radius 1 is 1.26 bits per heavy atom. The minimum atomic E-state index is -0.743. The van der Waals surface area contributed by atoms with Crippen LogP contribution in [0, 0.1) is 13.8 Å². The molecule has 0 bridgehead atoms. The van der Waals surface area contributed by atoms with Crippen LogP contribution >= 0.6 is 0 Å². The fourth-order valence-corrected chi connectivity index (χ4v) is 3.38. The van der Waals surface area contributed by atoms with Gasteiger partial charge in [0.25, 0.3) is 0 Å². The third-order valence-corrected chi connectivity index (χ3v) is 4.48. The Labute approximate surface area is 136 Å². The van der Waals surface area contributed by atoms with Crippen molar-refractivity contribution in [1.29, 1.82) is 0 Å². The Balaban J connectivity index is 2.06. The van der Waals surface area contributed by atoms with Gasteiger partial charge in [0.2, 0.25) is 0 Å². The number of hydrogen-bond donors (Lipinski definition) is 1. The number of carboxylic acids is 1. The zero-order valence-electron chi connectivity index (χ0n) is 13.6. The van der Waals surface area contributed by atoms with Gasteiger partial charge in [-0.3, -0.25) is 14.7 Å². The number of hydrogen-bond acceptors (Lipinski definition) is 3. The predicted octanol–water partition coefficient (Wildman–Crippen LogP) is 3.34. The Morgan fingerprint density at radius 2 is 2.09 bits per heavy atom. The molecule has 1 aliphatic rings. The smallest absolute Gasteiger partial charge is 0.320 e. The number of benzene rings is 1. The van der Waals surface area contributed by atoms with Gasteiger partial charge in [-0.2, -0.15) is 0 Å². The minimum absolute atomic E-state index is 0.112. The molecule has 23 heavy (non-hydrogen) atoms. The Morgan fingerprint density at radius 3 is 2.74 bits per heavy atom. The van der Waals surface area contributed by atoms with Gasteiger partial charge in [-0.05, 0) is 43.9 Å². The molecule has 1 saturated heterocycles. The van der Waals surface area contributed by atoms with Gasteiger partial charge >= 0.3 is 5.97 Å². The second-order valence-corrected chi connectivity index (χ2v) is 6.31. The van der Waals surface area contributed by atoms with E-state index in [-0.39, 0.29) is 6.04 Å². The molecule has 4 nitrogen and oxygen atoms in total. The van der Waals surface area contributed by atoms with Crippen molar-refractivity contribution >= 4 is 5.97 Å². The molecule has 1 N–H and O–H groups in total. The van der Waals surface area contributed by atoms with Crippen molar-refractivity contribution < 1.29 is 9.90 Å². The van der Waals surface area contributed by atoms with Gasteiger partial charge in [0.05, 0.1) is 11.7 Å². The SMILES string of the molecule is Cc1ccc(C(c2cccc(C)c2)N2CCCC2C(=O)O)nc1. The number of nitrogens with zero attached hydrogens (tertiary/aromatic N) is 2. The Kier molecular flexibility index (Phi) is 4.44. The highest BCUT2D eigenvalue weighted by Gasteiger charge is 2.37. The average Bonchev–Trinajstić information content (AvgIpc) is 2.99. The number of carboxylic acid groups (broad SMARTS) is 1. The van der Waals surface area contributed by atoms with Gasteiger partial charge in [-0.25, -0.2) is 0 Å². The highest BCUT2D eigenvalue weighted by Crippen LogP contribution is 2.34. The molecule has 3 rings (SSSR count). The van der Waals surface area contributed by atoms with Gasteiger partial charge in [0, 0.05) is 12.7 Å². The number of carbonyl (C=O) groups is 1. The first-order valence-electron chi connectivity index (χ1n) is 8.04. The molecule has 0 amide bonds. The maximum absolute atomic E-state index is 11.6. The van der Waals surface area contributed by atoms with Crippen molar-refractivity contribution in [3.8, 4) is 0 Å². The van der Waals surface area contributed by atoms with Crippen molar-refractivity contribution in [1.82, 2.24) is 9.88 Å². The van der Waals surface area contributed by atoms with Crippen LogP contribution in [0.3, 0.4) is 0 Å². The second-order valence-electron chi connectivity index (χ2n) is 6.31. The minimum Gasteiger partial charge on any atom is -0.480 e. The molecule has 4 heteroatoms. The van der Waals surface area contributed by atoms with E-state index in [1.54, 1.807) is 0 Å². The van der Waals surface area contributed by atoms with E-state index in [9.17, 15) is 9.90 Å². The van der Waals surface area contributed by atoms with Crippen LogP contribution in [0.25, 0.3) is 0 Å². The molecule has 0 radical (unpaired) electrons. The summed E-state index contributed by atoms with van der Waals surface area (Å²) in [6, 6.07) is 11.8. The first-order chi connectivity index (χ1) is 11.1. The van der Waals surface area contributed by atoms with Crippen LogP contribution in [0.1, 0.15) is 41.3 Å². The van der Waals surface area contributed by atoms with Gasteiger partial charge in [0.1, 0.15) is 6.04 Å². The van der Waals surface area contributed by atoms with Crippen LogP contribution in [-0.2, 0) is 4.79 Å². The molecule has 0 spiro atoms. The van der Waals surface area contributed by atoms with Crippen LogP contribution in [-0.4, -0.2) is 33.5 Å². The van der Waals surface area contributed by atoms with E-state index in [4.69, 9.17) is 0 Å². The number of aromatic nitrogens is 1. The number of aryl methyl sites for hydroxylation is 2. The van der Waals surface area contributed by atoms with E-state index in [1.807, 2.05) is 31.3 Å². The standard InChI is InChI=1S/C19H22N2O2/c1-13-5-3-6-15(11-13)18(16-9-8-14(2)12-20-16)21-10-4-7-17(21)19(22)23/h3,5-6,8-9,11-12,17-18H,4,7,10H2,1-2H3,(H,22,23). The molecular weight excluding hydrogens is 288 g/mol. The summed E-state index contributed by atoms with van der Waals surface area (Å²) < 4.78 is 0. The summed E-state index contributed by atoms with van der Waals surface area (Å²) in [7, 11) is 0. The van der Waals surface area contributed by atoms with Gasteiger partial charge in [-0.1, -0.05) is 35.9 Å². The zero-order valence-corrected chi connectivity index (χ0v) is 13.6. The lowest BCUT2D eigenvalue weighted by Gasteiger charge is -2.31. The first kappa shape index (κ1) is 15.7.